The molecule has 1 aliphatic heterocycles. The van der Waals surface area contributed by atoms with Gasteiger partial charge in [-0.25, -0.2) is 8.42 Å². The first-order valence-electron chi connectivity index (χ1n) is 9.80. The van der Waals surface area contributed by atoms with E-state index in [-0.39, 0.29) is 33.0 Å². The summed E-state index contributed by atoms with van der Waals surface area (Å²) in [4.78, 5) is 25.7. The van der Waals surface area contributed by atoms with E-state index in [0.717, 1.165) is 31.0 Å². The van der Waals surface area contributed by atoms with Crippen LogP contribution >= 0.6 is 11.6 Å². The normalized spacial score (nSPS) is 16.4. The molecule has 0 saturated carbocycles. The molecule has 0 aliphatic carbocycles. The molecule has 2 N–H and O–H groups in total. The van der Waals surface area contributed by atoms with Crippen molar-refractivity contribution in [3.63, 3.8) is 0 Å². The van der Waals surface area contributed by atoms with Gasteiger partial charge in [0.25, 0.3) is 11.8 Å². The Hall–Kier alpha value is -2.63. The Bertz CT molecular complexity index is 1190. The fraction of sp³-hybridized carbons (Fsp3) is 0.333. The van der Waals surface area contributed by atoms with Crippen LogP contribution in [-0.2, 0) is 14.6 Å². The molecule has 0 bridgehead atoms. The van der Waals surface area contributed by atoms with E-state index < -0.39 is 33.4 Å². The lowest BCUT2D eigenvalue weighted by Gasteiger charge is -2.25. The minimum Gasteiger partial charge on any atom is -0.373 e. The second kappa shape index (κ2) is 8.96. The zero-order chi connectivity index (χ0) is 24.6. The summed E-state index contributed by atoms with van der Waals surface area (Å²) >= 11 is 6.02. The van der Waals surface area contributed by atoms with Gasteiger partial charge in [0.1, 0.15) is 0 Å². The Morgan fingerprint density at radius 2 is 1.70 bits per heavy atom. The van der Waals surface area contributed by atoms with Crippen molar-refractivity contribution in [1.82, 2.24) is 4.90 Å². The number of amides is 2. The van der Waals surface area contributed by atoms with Gasteiger partial charge in [-0.15, -0.1) is 0 Å². The standard InChI is InChI=1S/C21H20ClF3N2O5S/c1-20(30,21(23,24)25)19(29)26-16-9-8-13(12-15(16)22)33(31,32)17-7-3-2-6-14(17)18(28)27-10-4-5-11-27/h2-3,6-9,12,30H,4-5,10-11H2,1H3,(H,26,29). The topological polar surface area (TPSA) is 104 Å². The van der Waals surface area contributed by atoms with Gasteiger partial charge in [-0.2, -0.15) is 13.2 Å². The summed E-state index contributed by atoms with van der Waals surface area (Å²) in [5.41, 5.74) is -4.02. The maximum absolute atomic E-state index is 13.2. The number of alkyl halides is 3. The third kappa shape index (κ3) is 4.85. The highest BCUT2D eigenvalue weighted by Gasteiger charge is 2.55. The van der Waals surface area contributed by atoms with Crippen molar-refractivity contribution in [2.45, 2.75) is 41.3 Å². The van der Waals surface area contributed by atoms with Crippen LogP contribution in [0.25, 0.3) is 0 Å². The highest BCUT2D eigenvalue weighted by atomic mass is 35.5. The van der Waals surface area contributed by atoms with E-state index in [2.05, 4.69) is 0 Å². The van der Waals surface area contributed by atoms with E-state index in [1.807, 2.05) is 5.32 Å². The first-order chi connectivity index (χ1) is 15.3. The number of likely N-dealkylation sites (tertiary alicyclic amines) is 1. The van der Waals surface area contributed by atoms with E-state index in [0.29, 0.717) is 13.1 Å². The van der Waals surface area contributed by atoms with Crippen LogP contribution in [0.1, 0.15) is 30.1 Å². The predicted octanol–water partition coefficient (Wildman–Crippen LogP) is 3.66. The van der Waals surface area contributed by atoms with Crippen molar-refractivity contribution in [2.24, 2.45) is 0 Å². The van der Waals surface area contributed by atoms with Gasteiger partial charge in [0.15, 0.2) is 0 Å². The summed E-state index contributed by atoms with van der Waals surface area (Å²) in [6, 6.07) is 8.68. The van der Waals surface area contributed by atoms with Crippen molar-refractivity contribution in [2.75, 3.05) is 18.4 Å². The van der Waals surface area contributed by atoms with Gasteiger partial charge in [-0.1, -0.05) is 23.7 Å². The predicted molar refractivity (Wildman–Crippen MR) is 114 cm³/mol. The van der Waals surface area contributed by atoms with Gasteiger partial charge in [0.05, 0.1) is 26.1 Å². The van der Waals surface area contributed by atoms with Gasteiger partial charge >= 0.3 is 6.18 Å². The lowest BCUT2D eigenvalue weighted by molar-refractivity contribution is -0.242. The number of nitrogens with zero attached hydrogens (tertiary/aromatic N) is 1. The summed E-state index contributed by atoms with van der Waals surface area (Å²) in [5.74, 6) is -2.20. The highest BCUT2D eigenvalue weighted by molar-refractivity contribution is 7.91. The molecular formula is C21H20ClF3N2O5S. The van der Waals surface area contributed by atoms with E-state index in [1.54, 1.807) is 11.0 Å². The molecule has 1 saturated heterocycles. The van der Waals surface area contributed by atoms with Crippen molar-refractivity contribution >= 4 is 38.9 Å². The zero-order valence-corrected chi connectivity index (χ0v) is 18.9. The van der Waals surface area contributed by atoms with E-state index in [9.17, 15) is 36.3 Å². The SMILES string of the molecule is CC(O)(C(=O)Nc1ccc(S(=O)(=O)c2ccccc2C(=O)N2CCCC2)cc1Cl)C(F)(F)F. The average Bonchev–Trinajstić information content (AvgIpc) is 3.28. The fourth-order valence-electron chi connectivity index (χ4n) is 3.23. The number of nitrogens with one attached hydrogen (secondary N) is 1. The summed E-state index contributed by atoms with van der Waals surface area (Å²) < 4.78 is 65.1. The summed E-state index contributed by atoms with van der Waals surface area (Å²) in [7, 11) is -4.24. The maximum atomic E-state index is 13.2. The Balaban J connectivity index is 1.93. The van der Waals surface area contributed by atoms with Crippen molar-refractivity contribution < 1.29 is 36.3 Å². The molecule has 1 fully saturated rings. The van der Waals surface area contributed by atoms with Crippen LogP contribution in [0.15, 0.2) is 52.3 Å². The summed E-state index contributed by atoms with van der Waals surface area (Å²) in [6.45, 7) is 1.33. The second-order valence-corrected chi connectivity index (χ2v) is 9.99. The van der Waals surface area contributed by atoms with Crippen LogP contribution in [0.5, 0.6) is 0 Å². The number of rotatable bonds is 5. The number of aliphatic hydroxyl groups is 1. The smallest absolute Gasteiger partial charge is 0.373 e. The van der Waals surface area contributed by atoms with E-state index in [1.165, 1.54) is 18.2 Å². The van der Waals surface area contributed by atoms with Crippen LogP contribution in [0.2, 0.25) is 5.02 Å². The molecule has 33 heavy (non-hydrogen) atoms. The number of hydrogen-bond donors (Lipinski definition) is 2. The first kappa shape index (κ1) is 25.0. The fourth-order valence-corrected chi connectivity index (χ4v) is 5.00. The summed E-state index contributed by atoms with van der Waals surface area (Å²) in [6.07, 6.45) is -3.59. The maximum Gasteiger partial charge on any atom is 0.426 e. The Labute approximate surface area is 193 Å². The van der Waals surface area contributed by atoms with Crippen molar-refractivity contribution in [3.05, 3.63) is 53.1 Å². The average molecular weight is 505 g/mol. The first-order valence-corrected chi connectivity index (χ1v) is 11.7. The van der Waals surface area contributed by atoms with E-state index in [4.69, 9.17) is 11.6 Å². The molecule has 2 aromatic carbocycles. The Morgan fingerprint density at radius 3 is 2.27 bits per heavy atom. The van der Waals surface area contributed by atoms with Gasteiger partial charge < -0.3 is 15.3 Å². The lowest BCUT2D eigenvalue weighted by atomic mass is 10.1. The molecule has 1 heterocycles. The van der Waals surface area contributed by atoms with Gasteiger partial charge in [-0.3, -0.25) is 9.59 Å². The van der Waals surface area contributed by atoms with Crippen LogP contribution in [-0.4, -0.2) is 55.1 Å². The monoisotopic (exact) mass is 504 g/mol. The molecule has 12 heteroatoms. The number of hydrogen-bond acceptors (Lipinski definition) is 5. The molecule has 0 spiro atoms. The number of carbonyl (C=O) groups excluding carboxylic acids is 2. The molecule has 1 aliphatic rings. The van der Waals surface area contributed by atoms with Crippen LogP contribution in [0, 0.1) is 0 Å². The molecule has 2 amide bonds. The zero-order valence-electron chi connectivity index (χ0n) is 17.3. The quantitative estimate of drug-likeness (QED) is 0.646. The number of anilines is 1. The van der Waals surface area contributed by atoms with E-state index >= 15 is 0 Å². The van der Waals surface area contributed by atoms with Gasteiger partial charge in [0.2, 0.25) is 15.4 Å². The number of benzene rings is 2. The third-order valence-electron chi connectivity index (χ3n) is 5.29. The molecule has 3 rings (SSSR count). The molecule has 1 atom stereocenters. The molecule has 1 unspecified atom stereocenters. The van der Waals surface area contributed by atoms with Gasteiger partial charge in [0, 0.05) is 13.1 Å². The lowest BCUT2D eigenvalue weighted by Crippen LogP contribution is -2.52. The number of sulfone groups is 1. The molecule has 0 radical (unpaired) electrons. The van der Waals surface area contributed by atoms with Crippen molar-refractivity contribution in [3.8, 4) is 0 Å². The molecule has 2 aromatic rings. The molecule has 7 nitrogen and oxygen atoms in total. The minimum atomic E-state index is -5.24. The third-order valence-corrected chi connectivity index (χ3v) is 7.42. The van der Waals surface area contributed by atoms with Crippen molar-refractivity contribution in [1.29, 1.82) is 0 Å². The van der Waals surface area contributed by atoms with Gasteiger partial charge in [-0.05, 0) is 50.1 Å². The molecule has 178 valence electrons. The highest BCUT2D eigenvalue weighted by Crippen LogP contribution is 2.34. The van der Waals surface area contributed by atoms with Crippen LogP contribution < -0.4 is 5.32 Å². The second-order valence-electron chi connectivity index (χ2n) is 7.66. The largest absolute Gasteiger partial charge is 0.426 e. The minimum absolute atomic E-state index is 0.00544. The van der Waals surface area contributed by atoms with Crippen LogP contribution in [0.3, 0.4) is 0 Å². The number of halogens is 4. The Kier molecular flexibility index (Phi) is 6.79. The Morgan fingerprint density at radius 1 is 1.09 bits per heavy atom. The van der Waals surface area contributed by atoms with Crippen LogP contribution in [0.4, 0.5) is 18.9 Å². The molecule has 0 aromatic heterocycles. The molecular weight excluding hydrogens is 485 g/mol. The number of carbonyl (C=O) groups is 2. The summed E-state index contributed by atoms with van der Waals surface area (Å²) in [5, 5.41) is 10.9.